The number of halogens is 1. The van der Waals surface area contributed by atoms with Gasteiger partial charge in [0.15, 0.2) is 5.96 Å². The standard InChI is InChI=1S/C18H26N4S.HI/c1-4-16-13-21-17(23-16)10-11-20-18(19-5-2)22-12-15-8-6-14(3)7-9-15;/h6-9,13H,4-5,10-12H2,1-3H3,(H2,19,20,22);1H. The molecule has 6 heteroatoms. The Labute approximate surface area is 166 Å². The predicted octanol–water partition coefficient (Wildman–Crippen LogP) is 3.93. The van der Waals surface area contributed by atoms with Gasteiger partial charge in [0.05, 0.1) is 11.6 Å². The SMILES string of the molecule is CCNC(=NCc1ccc(C)cc1)NCCc1ncc(CC)s1.I. The molecule has 24 heavy (non-hydrogen) atoms. The lowest BCUT2D eigenvalue weighted by Crippen LogP contribution is -2.38. The minimum Gasteiger partial charge on any atom is -0.357 e. The molecule has 4 nitrogen and oxygen atoms in total. The Morgan fingerprint density at radius 3 is 2.54 bits per heavy atom. The van der Waals surface area contributed by atoms with Crippen LogP contribution in [0, 0.1) is 6.92 Å². The van der Waals surface area contributed by atoms with Crippen LogP contribution >= 0.6 is 35.3 Å². The lowest BCUT2D eigenvalue weighted by Gasteiger charge is -2.10. The van der Waals surface area contributed by atoms with Gasteiger partial charge in [0.2, 0.25) is 0 Å². The first-order chi connectivity index (χ1) is 11.2. The van der Waals surface area contributed by atoms with Crippen LogP contribution in [0.5, 0.6) is 0 Å². The summed E-state index contributed by atoms with van der Waals surface area (Å²) in [4.78, 5) is 10.4. The van der Waals surface area contributed by atoms with E-state index in [0.717, 1.165) is 31.9 Å². The smallest absolute Gasteiger partial charge is 0.191 e. The maximum absolute atomic E-state index is 4.64. The molecular formula is C18H27IN4S. The van der Waals surface area contributed by atoms with Crippen LogP contribution in [-0.4, -0.2) is 24.0 Å². The van der Waals surface area contributed by atoms with Gasteiger partial charge in [0.25, 0.3) is 0 Å². The van der Waals surface area contributed by atoms with Gasteiger partial charge in [-0.05, 0) is 25.8 Å². The Balaban J connectivity index is 0.00000288. The van der Waals surface area contributed by atoms with E-state index in [1.807, 2.05) is 6.20 Å². The molecule has 1 aromatic carbocycles. The minimum absolute atomic E-state index is 0. The van der Waals surface area contributed by atoms with E-state index in [9.17, 15) is 0 Å². The van der Waals surface area contributed by atoms with E-state index in [1.54, 1.807) is 11.3 Å². The van der Waals surface area contributed by atoms with Gasteiger partial charge in [-0.2, -0.15) is 0 Å². The molecule has 0 unspecified atom stereocenters. The molecule has 0 radical (unpaired) electrons. The number of guanidine groups is 1. The first-order valence-corrected chi connectivity index (χ1v) is 9.04. The fourth-order valence-corrected chi connectivity index (χ4v) is 2.98. The van der Waals surface area contributed by atoms with Crippen molar-refractivity contribution in [3.63, 3.8) is 0 Å². The lowest BCUT2D eigenvalue weighted by atomic mass is 10.1. The van der Waals surface area contributed by atoms with Gasteiger partial charge in [-0.15, -0.1) is 35.3 Å². The normalized spacial score (nSPS) is 11.0. The highest BCUT2D eigenvalue weighted by Crippen LogP contribution is 2.13. The quantitative estimate of drug-likeness (QED) is 0.376. The van der Waals surface area contributed by atoms with Crippen LogP contribution in [-0.2, 0) is 19.4 Å². The van der Waals surface area contributed by atoms with E-state index < -0.39 is 0 Å². The topological polar surface area (TPSA) is 49.3 Å². The van der Waals surface area contributed by atoms with Crippen molar-refractivity contribution in [1.29, 1.82) is 0 Å². The van der Waals surface area contributed by atoms with Gasteiger partial charge in [0.1, 0.15) is 0 Å². The Morgan fingerprint density at radius 2 is 1.92 bits per heavy atom. The first kappa shape index (κ1) is 20.9. The van der Waals surface area contributed by atoms with E-state index in [1.165, 1.54) is 21.0 Å². The molecule has 0 amide bonds. The van der Waals surface area contributed by atoms with Gasteiger partial charge in [0, 0.05) is 30.6 Å². The number of benzene rings is 1. The number of hydrogen-bond acceptors (Lipinski definition) is 3. The first-order valence-electron chi connectivity index (χ1n) is 8.22. The molecule has 0 saturated heterocycles. The van der Waals surface area contributed by atoms with Crippen molar-refractivity contribution in [3.8, 4) is 0 Å². The van der Waals surface area contributed by atoms with Gasteiger partial charge in [-0.3, -0.25) is 0 Å². The molecule has 0 aliphatic carbocycles. The monoisotopic (exact) mass is 458 g/mol. The molecule has 0 saturated carbocycles. The highest BCUT2D eigenvalue weighted by atomic mass is 127. The van der Waals surface area contributed by atoms with Gasteiger partial charge in [-0.1, -0.05) is 36.8 Å². The van der Waals surface area contributed by atoms with E-state index >= 15 is 0 Å². The van der Waals surface area contributed by atoms with Crippen molar-refractivity contribution in [2.24, 2.45) is 4.99 Å². The number of rotatable bonds is 7. The van der Waals surface area contributed by atoms with Crippen LogP contribution in [0.15, 0.2) is 35.5 Å². The summed E-state index contributed by atoms with van der Waals surface area (Å²) >= 11 is 1.80. The van der Waals surface area contributed by atoms with Gasteiger partial charge < -0.3 is 10.6 Å². The van der Waals surface area contributed by atoms with Crippen molar-refractivity contribution >= 4 is 41.3 Å². The summed E-state index contributed by atoms with van der Waals surface area (Å²) in [6.07, 6.45) is 3.97. The predicted molar refractivity (Wildman–Crippen MR) is 115 cm³/mol. The number of nitrogens with one attached hydrogen (secondary N) is 2. The molecule has 0 aliphatic rings. The van der Waals surface area contributed by atoms with Gasteiger partial charge >= 0.3 is 0 Å². The molecule has 0 aliphatic heterocycles. The maximum Gasteiger partial charge on any atom is 0.191 e. The van der Waals surface area contributed by atoms with E-state index in [2.05, 4.69) is 65.6 Å². The number of hydrogen-bond donors (Lipinski definition) is 2. The summed E-state index contributed by atoms with van der Waals surface area (Å²) in [5.41, 5.74) is 2.50. The Bertz CT molecular complexity index is 622. The van der Waals surface area contributed by atoms with Crippen LogP contribution < -0.4 is 10.6 Å². The van der Waals surface area contributed by atoms with Crippen molar-refractivity contribution < 1.29 is 0 Å². The number of aryl methyl sites for hydroxylation is 2. The minimum atomic E-state index is 0. The van der Waals surface area contributed by atoms with E-state index in [0.29, 0.717) is 6.54 Å². The summed E-state index contributed by atoms with van der Waals surface area (Å²) in [6, 6.07) is 8.51. The lowest BCUT2D eigenvalue weighted by molar-refractivity contribution is 0.796. The summed E-state index contributed by atoms with van der Waals surface area (Å²) < 4.78 is 0. The molecule has 2 aromatic rings. The molecule has 2 rings (SSSR count). The van der Waals surface area contributed by atoms with Crippen LogP contribution in [0.2, 0.25) is 0 Å². The average Bonchev–Trinajstić information content (AvgIpc) is 3.02. The zero-order valence-electron chi connectivity index (χ0n) is 14.6. The molecule has 1 aromatic heterocycles. The summed E-state index contributed by atoms with van der Waals surface area (Å²) in [7, 11) is 0. The Kier molecular flexibility index (Phi) is 9.94. The third-order valence-electron chi connectivity index (χ3n) is 3.47. The Hall–Kier alpha value is -1.15. The second kappa shape index (κ2) is 11.4. The van der Waals surface area contributed by atoms with Crippen LogP contribution in [0.4, 0.5) is 0 Å². The number of aromatic nitrogens is 1. The zero-order chi connectivity index (χ0) is 16.5. The number of aliphatic imine (C=N–C) groups is 1. The molecule has 132 valence electrons. The average molecular weight is 458 g/mol. The van der Waals surface area contributed by atoms with Gasteiger partial charge in [-0.25, -0.2) is 9.98 Å². The summed E-state index contributed by atoms with van der Waals surface area (Å²) in [6.45, 7) is 8.73. The van der Waals surface area contributed by atoms with Crippen molar-refractivity contribution in [2.45, 2.75) is 40.2 Å². The fourth-order valence-electron chi connectivity index (χ4n) is 2.12. The second-order valence-corrected chi connectivity index (χ2v) is 6.63. The van der Waals surface area contributed by atoms with Crippen molar-refractivity contribution in [1.82, 2.24) is 15.6 Å². The zero-order valence-corrected chi connectivity index (χ0v) is 17.8. The van der Waals surface area contributed by atoms with Crippen LogP contribution in [0.25, 0.3) is 0 Å². The summed E-state index contributed by atoms with van der Waals surface area (Å²) in [5.74, 6) is 0.861. The third-order valence-corrected chi connectivity index (χ3v) is 4.67. The van der Waals surface area contributed by atoms with Crippen LogP contribution in [0.1, 0.15) is 34.9 Å². The third kappa shape index (κ3) is 7.17. The van der Waals surface area contributed by atoms with E-state index in [4.69, 9.17) is 0 Å². The van der Waals surface area contributed by atoms with Crippen molar-refractivity contribution in [2.75, 3.05) is 13.1 Å². The molecule has 0 fully saturated rings. The number of thiazole rings is 1. The molecule has 1 heterocycles. The number of nitrogens with zero attached hydrogens (tertiary/aromatic N) is 2. The molecule has 0 atom stereocenters. The largest absolute Gasteiger partial charge is 0.357 e. The van der Waals surface area contributed by atoms with Crippen molar-refractivity contribution in [3.05, 3.63) is 51.5 Å². The second-order valence-electron chi connectivity index (χ2n) is 5.43. The molecular weight excluding hydrogens is 431 g/mol. The van der Waals surface area contributed by atoms with E-state index in [-0.39, 0.29) is 24.0 Å². The Morgan fingerprint density at radius 1 is 1.17 bits per heavy atom. The molecule has 0 bridgehead atoms. The molecule has 2 N–H and O–H groups in total. The highest BCUT2D eigenvalue weighted by molar-refractivity contribution is 14.0. The highest BCUT2D eigenvalue weighted by Gasteiger charge is 2.02. The maximum atomic E-state index is 4.64. The van der Waals surface area contributed by atoms with Crippen LogP contribution in [0.3, 0.4) is 0 Å². The fraction of sp³-hybridized carbons (Fsp3) is 0.444. The summed E-state index contributed by atoms with van der Waals surface area (Å²) in [5, 5.41) is 7.86. The molecule has 0 spiro atoms.